The van der Waals surface area contributed by atoms with Crippen molar-refractivity contribution >= 4 is 5.91 Å². The van der Waals surface area contributed by atoms with Crippen molar-refractivity contribution in [2.24, 2.45) is 0 Å². The number of fused-ring (bicyclic) bond motifs is 1. The summed E-state index contributed by atoms with van der Waals surface area (Å²) in [5, 5.41) is 3.17. The molecular formula is C21H25NO. The SMILES string of the molecule is CC(CCc1ccccc1)NC(=O)CC1CCc2ccccc21. The molecule has 2 aromatic carbocycles. The Morgan fingerprint density at radius 3 is 2.70 bits per heavy atom. The van der Waals surface area contributed by atoms with E-state index in [0.29, 0.717) is 12.3 Å². The van der Waals surface area contributed by atoms with Crippen LogP contribution in [0.15, 0.2) is 54.6 Å². The van der Waals surface area contributed by atoms with Crippen LogP contribution in [0.4, 0.5) is 0 Å². The molecule has 0 heterocycles. The summed E-state index contributed by atoms with van der Waals surface area (Å²) in [6.45, 7) is 2.10. The average molecular weight is 307 g/mol. The number of carbonyl (C=O) groups is 1. The van der Waals surface area contributed by atoms with Crippen LogP contribution in [0, 0.1) is 0 Å². The second-order valence-corrected chi connectivity index (χ2v) is 6.63. The maximum Gasteiger partial charge on any atom is 0.220 e. The Kier molecular flexibility index (Phi) is 5.12. The highest BCUT2D eigenvalue weighted by Crippen LogP contribution is 2.35. The highest BCUT2D eigenvalue weighted by atomic mass is 16.1. The first-order valence-corrected chi connectivity index (χ1v) is 8.63. The van der Waals surface area contributed by atoms with Gasteiger partial charge in [0, 0.05) is 12.5 Å². The number of rotatable bonds is 6. The molecule has 2 heteroatoms. The number of amides is 1. The predicted molar refractivity (Wildman–Crippen MR) is 94.5 cm³/mol. The molecule has 1 N–H and O–H groups in total. The van der Waals surface area contributed by atoms with Crippen molar-refractivity contribution in [1.82, 2.24) is 5.32 Å². The van der Waals surface area contributed by atoms with Gasteiger partial charge in [-0.25, -0.2) is 0 Å². The zero-order chi connectivity index (χ0) is 16.1. The number of nitrogens with one attached hydrogen (secondary N) is 1. The molecule has 0 aromatic heterocycles. The fourth-order valence-electron chi connectivity index (χ4n) is 3.51. The van der Waals surface area contributed by atoms with Gasteiger partial charge in [-0.15, -0.1) is 0 Å². The van der Waals surface area contributed by atoms with E-state index in [1.807, 2.05) is 6.07 Å². The summed E-state index contributed by atoms with van der Waals surface area (Å²) >= 11 is 0. The molecule has 2 atom stereocenters. The summed E-state index contributed by atoms with van der Waals surface area (Å²) in [6, 6.07) is 19.2. The molecule has 0 aliphatic heterocycles. The van der Waals surface area contributed by atoms with Gasteiger partial charge in [-0.3, -0.25) is 4.79 Å². The number of aryl methyl sites for hydroxylation is 2. The average Bonchev–Trinajstić information content (AvgIpc) is 2.97. The van der Waals surface area contributed by atoms with Crippen molar-refractivity contribution in [2.75, 3.05) is 0 Å². The van der Waals surface area contributed by atoms with Gasteiger partial charge in [0.05, 0.1) is 0 Å². The fourth-order valence-corrected chi connectivity index (χ4v) is 3.51. The van der Waals surface area contributed by atoms with E-state index in [1.165, 1.54) is 16.7 Å². The third-order valence-corrected chi connectivity index (χ3v) is 4.81. The van der Waals surface area contributed by atoms with Gasteiger partial charge < -0.3 is 5.32 Å². The van der Waals surface area contributed by atoms with Crippen LogP contribution < -0.4 is 5.32 Å². The van der Waals surface area contributed by atoms with Gasteiger partial charge in [0.25, 0.3) is 0 Å². The molecule has 0 spiro atoms. The van der Waals surface area contributed by atoms with Crippen molar-refractivity contribution in [3.05, 3.63) is 71.3 Å². The zero-order valence-corrected chi connectivity index (χ0v) is 13.8. The lowest BCUT2D eigenvalue weighted by Gasteiger charge is -2.16. The van der Waals surface area contributed by atoms with E-state index in [2.05, 4.69) is 60.8 Å². The van der Waals surface area contributed by atoms with Crippen molar-refractivity contribution in [2.45, 2.75) is 51.0 Å². The predicted octanol–water partition coefficient (Wildman–Crippen LogP) is 4.24. The quantitative estimate of drug-likeness (QED) is 0.849. The molecule has 0 radical (unpaired) electrons. The third kappa shape index (κ3) is 4.22. The van der Waals surface area contributed by atoms with E-state index >= 15 is 0 Å². The normalized spacial score (nSPS) is 17.5. The van der Waals surface area contributed by atoms with E-state index in [4.69, 9.17) is 0 Å². The van der Waals surface area contributed by atoms with E-state index in [-0.39, 0.29) is 11.9 Å². The van der Waals surface area contributed by atoms with E-state index < -0.39 is 0 Å². The molecule has 0 fully saturated rings. The topological polar surface area (TPSA) is 29.1 Å². The number of hydrogen-bond acceptors (Lipinski definition) is 1. The minimum atomic E-state index is 0.187. The first-order valence-electron chi connectivity index (χ1n) is 8.63. The molecule has 0 saturated carbocycles. The van der Waals surface area contributed by atoms with E-state index in [0.717, 1.165) is 25.7 Å². The molecule has 0 bridgehead atoms. The van der Waals surface area contributed by atoms with Gasteiger partial charge in [0.1, 0.15) is 0 Å². The van der Waals surface area contributed by atoms with Crippen LogP contribution >= 0.6 is 0 Å². The summed E-state index contributed by atoms with van der Waals surface area (Å²) in [5.74, 6) is 0.583. The van der Waals surface area contributed by atoms with Gasteiger partial charge in [-0.2, -0.15) is 0 Å². The second-order valence-electron chi connectivity index (χ2n) is 6.63. The first kappa shape index (κ1) is 15.8. The number of carbonyl (C=O) groups excluding carboxylic acids is 1. The lowest BCUT2D eigenvalue weighted by Crippen LogP contribution is -2.33. The van der Waals surface area contributed by atoms with Crippen molar-refractivity contribution < 1.29 is 4.79 Å². The Morgan fingerprint density at radius 1 is 1.13 bits per heavy atom. The Hall–Kier alpha value is -2.09. The molecule has 1 aliphatic carbocycles. The van der Waals surface area contributed by atoms with Crippen LogP contribution in [-0.4, -0.2) is 11.9 Å². The maximum absolute atomic E-state index is 12.3. The van der Waals surface area contributed by atoms with Crippen LogP contribution in [-0.2, 0) is 17.6 Å². The molecule has 23 heavy (non-hydrogen) atoms. The minimum Gasteiger partial charge on any atom is -0.354 e. The summed E-state index contributed by atoms with van der Waals surface area (Å²) in [7, 11) is 0. The molecule has 2 unspecified atom stereocenters. The van der Waals surface area contributed by atoms with Crippen molar-refractivity contribution in [3.63, 3.8) is 0 Å². The lowest BCUT2D eigenvalue weighted by atomic mass is 9.97. The first-order chi connectivity index (χ1) is 11.2. The van der Waals surface area contributed by atoms with Crippen molar-refractivity contribution in [1.29, 1.82) is 0 Å². The van der Waals surface area contributed by atoms with Gasteiger partial charge in [0.15, 0.2) is 0 Å². The van der Waals surface area contributed by atoms with Gasteiger partial charge in [-0.1, -0.05) is 54.6 Å². The third-order valence-electron chi connectivity index (χ3n) is 4.81. The van der Waals surface area contributed by atoms with Crippen LogP contribution in [0.2, 0.25) is 0 Å². The van der Waals surface area contributed by atoms with Crippen LogP contribution in [0.1, 0.15) is 48.8 Å². The fraction of sp³-hybridized carbons (Fsp3) is 0.381. The van der Waals surface area contributed by atoms with Crippen LogP contribution in [0.3, 0.4) is 0 Å². The van der Waals surface area contributed by atoms with Crippen LogP contribution in [0.5, 0.6) is 0 Å². The monoisotopic (exact) mass is 307 g/mol. The standard InChI is InChI=1S/C21H25NO/c1-16(11-12-17-7-3-2-4-8-17)22-21(23)15-19-14-13-18-9-5-6-10-20(18)19/h2-10,16,19H,11-15H2,1H3,(H,22,23). The van der Waals surface area contributed by atoms with Crippen LogP contribution in [0.25, 0.3) is 0 Å². The second kappa shape index (κ2) is 7.45. The van der Waals surface area contributed by atoms with E-state index in [9.17, 15) is 4.79 Å². The molecule has 3 rings (SSSR count). The Morgan fingerprint density at radius 2 is 1.87 bits per heavy atom. The summed E-state index contributed by atoms with van der Waals surface area (Å²) in [6.07, 6.45) is 4.82. The van der Waals surface area contributed by atoms with Gasteiger partial charge in [-0.05, 0) is 55.2 Å². The molecule has 0 saturated heterocycles. The van der Waals surface area contributed by atoms with Gasteiger partial charge in [0.2, 0.25) is 5.91 Å². The largest absolute Gasteiger partial charge is 0.354 e. The van der Waals surface area contributed by atoms with E-state index in [1.54, 1.807) is 0 Å². The smallest absolute Gasteiger partial charge is 0.220 e. The molecule has 2 aromatic rings. The minimum absolute atomic E-state index is 0.187. The molecule has 1 amide bonds. The molecule has 2 nitrogen and oxygen atoms in total. The van der Waals surface area contributed by atoms with Gasteiger partial charge >= 0.3 is 0 Å². The summed E-state index contributed by atoms with van der Waals surface area (Å²) < 4.78 is 0. The number of benzene rings is 2. The lowest BCUT2D eigenvalue weighted by molar-refractivity contribution is -0.122. The number of hydrogen-bond donors (Lipinski definition) is 1. The highest BCUT2D eigenvalue weighted by molar-refractivity contribution is 5.77. The highest BCUT2D eigenvalue weighted by Gasteiger charge is 2.24. The molecule has 120 valence electrons. The van der Waals surface area contributed by atoms with Crippen molar-refractivity contribution in [3.8, 4) is 0 Å². The molecular weight excluding hydrogens is 282 g/mol. The Labute approximate surface area is 138 Å². The maximum atomic E-state index is 12.3. The summed E-state index contributed by atoms with van der Waals surface area (Å²) in [5.41, 5.74) is 4.13. The summed E-state index contributed by atoms with van der Waals surface area (Å²) in [4.78, 5) is 12.3. The molecule has 1 aliphatic rings. The zero-order valence-electron chi connectivity index (χ0n) is 13.8. The Balaban J connectivity index is 1.46. The Bertz CT molecular complexity index is 650.